The first-order valence-corrected chi connectivity index (χ1v) is 8.51. The number of hydrogen-bond donors (Lipinski definition) is 0. The van der Waals surface area contributed by atoms with Crippen molar-refractivity contribution in [1.29, 1.82) is 0 Å². The normalized spacial score (nSPS) is 8.36. The Morgan fingerprint density at radius 1 is 1.21 bits per heavy atom. The molecule has 0 fully saturated rings. The SMILES string of the molecule is Cc1ccccc1[C-]=O.[Cl][Cr]([Cl])[Cl].[NH2-]. The average Bonchev–Trinajstić information content (AvgIpc) is 2.04. The van der Waals surface area contributed by atoms with E-state index in [4.69, 9.17) is 30.1 Å². The first-order chi connectivity index (χ1) is 6.07. The fourth-order valence-electron chi connectivity index (χ4n) is 0.687. The van der Waals surface area contributed by atoms with E-state index in [-0.39, 0.29) is 6.15 Å². The van der Waals surface area contributed by atoms with E-state index in [9.17, 15) is 4.79 Å². The van der Waals surface area contributed by atoms with Crippen LogP contribution in [0.5, 0.6) is 0 Å². The Hall–Kier alpha value is 0.252. The summed E-state index contributed by atoms with van der Waals surface area (Å²) < 4.78 is 0. The van der Waals surface area contributed by atoms with E-state index in [2.05, 4.69) is 0 Å². The molecule has 0 aliphatic heterocycles. The molecule has 2 nitrogen and oxygen atoms in total. The Morgan fingerprint density at radius 3 is 1.93 bits per heavy atom. The molecule has 1 rings (SSSR count). The molecule has 0 heterocycles. The summed E-state index contributed by atoms with van der Waals surface area (Å²) in [5.41, 5.74) is 1.63. The predicted molar refractivity (Wildman–Crippen MR) is 58.8 cm³/mol. The van der Waals surface area contributed by atoms with Crippen LogP contribution in [0.3, 0.4) is 0 Å². The van der Waals surface area contributed by atoms with Crippen molar-refractivity contribution in [3.05, 3.63) is 41.5 Å². The fraction of sp³-hybridized carbons (Fsp3) is 0.125. The molecular formula is C8H9Cl3CrNO-2. The molecule has 81 valence electrons. The summed E-state index contributed by atoms with van der Waals surface area (Å²) in [6.45, 7) is 1.89. The van der Waals surface area contributed by atoms with E-state index in [1.807, 2.05) is 31.4 Å². The molecule has 0 amide bonds. The maximum atomic E-state index is 10.1. The molecule has 0 radical (unpaired) electrons. The summed E-state index contributed by atoms with van der Waals surface area (Å²) in [7, 11) is 14.8. The molecule has 6 heteroatoms. The zero-order valence-corrected chi connectivity index (χ0v) is 10.9. The Bertz CT molecular complexity index is 268. The molecular weight excluding hydrogens is 284 g/mol. The van der Waals surface area contributed by atoms with Gasteiger partial charge in [0.2, 0.25) is 0 Å². The van der Waals surface area contributed by atoms with Crippen LogP contribution in [0, 0.1) is 6.92 Å². The zero-order valence-electron chi connectivity index (χ0n) is 7.34. The monoisotopic (exact) mass is 292 g/mol. The van der Waals surface area contributed by atoms with Crippen LogP contribution in [-0.4, -0.2) is 6.29 Å². The summed E-state index contributed by atoms with van der Waals surface area (Å²) in [6.07, 6.45) is 1.85. The molecule has 0 aromatic heterocycles. The van der Waals surface area contributed by atoms with Crippen LogP contribution in [0.15, 0.2) is 24.3 Å². The van der Waals surface area contributed by atoms with Gasteiger partial charge in [0, 0.05) is 0 Å². The van der Waals surface area contributed by atoms with Crippen LogP contribution in [-0.2, 0) is 16.2 Å². The maximum absolute atomic E-state index is 10.1. The van der Waals surface area contributed by atoms with Crippen molar-refractivity contribution in [3.63, 3.8) is 0 Å². The first-order valence-electron chi connectivity index (χ1n) is 3.24. The molecule has 0 aliphatic carbocycles. The van der Waals surface area contributed by atoms with Gasteiger partial charge in [0.05, 0.1) is 6.29 Å². The molecule has 0 aliphatic rings. The summed E-state index contributed by atoms with van der Waals surface area (Å²) in [6, 6.07) is 7.37. The number of benzene rings is 1. The molecule has 0 spiro atoms. The van der Waals surface area contributed by atoms with E-state index in [0.717, 1.165) is 5.56 Å². The van der Waals surface area contributed by atoms with Crippen molar-refractivity contribution in [2.24, 2.45) is 0 Å². The third-order valence-corrected chi connectivity index (χ3v) is 1.26. The van der Waals surface area contributed by atoms with Gasteiger partial charge in [-0.05, 0) is 0 Å². The number of nitrogens with two attached hydrogens (primary N) is 1. The van der Waals surface area contributed by atoms with E-state index in [1.165, 1.54) is 0 Å². The molecule has 14 heavy (non-hydrogen) atoms. The average molecular weight is 294 g/mol. The third-order valence-electron chi connectivity index (χ3n) is 1.26. The minimum atomic E-state index is -1.62. The van der Waals surface area contributed by atoms with Crippen LogP contribution < -0.4 is 0 Å². The van der Waals surface area contributed by atoms with Gasteiger partial charge < -0.3 is 10.9 Å². The van der Waals surface area contributed by atoms with Gasteiger partial charge >= 0.3 is 41.5 Å². The minimum absolute atomic E-state index is 0. The topological polar surface area (TPSA) is 50.6 Å². The largest absolute Gasteiger partial charge is 0.693 e. The van der Waals surface area contributed by atoms with Crippen molar-refractivity contribution in [2.75, 3.05) is 0 Å². The molecule has 0 unspecified atom stereocenters. The van der Waals surface area contributed by atoms with Gasteiger partial charge in [-0.1, -0.05) is 13.0 Å². The smallest absolute Gasteiger partial charge is 0.693 e. The van der Waals surface area contributed by atoms with Crippen molar-refractivity contribution in [2.45, 2.75) is 6.92 Å². The van der Waals surface area contributed by atoms with Gasteiger partial charge in [-0.2, -0.15) is 6.07 Å². The quantitative estimate of drug-likeness (QED) is 0.715. The van der Waals surface area contributed by atoms with E-state index >= 15 is 0 Å². The van der Waals surface area contributed by atoms with Crippen molar-refractivity contribution < 1.29 is 16.2 Å². The molecule has 2 N–H and O–H groups in total. The van der Waals surface area contributed by atoms with Crippen molar-refractivity contribution in [3.8, 4) is 0 Å². The summed E-state index contributed by atoms with van der Waals surface area (Å²) in [4.78, 5) is 10.1. The third kappa shape index (κ3) is 8.83. The van der Waals surface area contributed by atoms with E-state index < -0.39 is 11.4 Å². The maximum Gasteiger partial charge on any atom is -0.693 e. The van der Waals surface area contributed by atoms with Gasteiger partial charge in [-0.3, -0.25) is 0 Å². The Kier molecular flexibility index (Phi) is 11.7. The van der Waals surface area contributed by atoms with Crippen LogP contribution in [0.4, 0.5) is 0 Å². The second kappa shape index (κ2) is 9.79. The van der Waals surface area contributed by atoms with Gasteiger partial charge in [0.25, 0.3) is 0 Å². The number of aryl methyl sites for hydroxylation is 1. The minimum Gasteiger partial charge on any atom is -0.693 e. The van der Waals surface area contributed by atoms with Crippen molar-refractivity contribution >= 4 is 36.4 Å². The van der Waals surface area contributed by atoms with E-state index in [1.54, 1.807) is 6.07 Å². The summed E-state index contributed by atoms with van der Waals surface area (Å²) in [5.74, 6) is 0. The van der Waals surface area contributed by atoms with Crippen LogP contribution in [0.1, 0.15) is 11.1 Å². The number of carbonyl (C=O) groups excluding carboxylic acids is 1. The number of rotatable bonds is 1. The van der Waals surface area contributed by atoms with Gasteiger partial charge in [0.15, 0.2) is 0 Å². The second-order valence-corrected chi connectivity index (χ2v) is 8.41. The first kappa shape index (κ1) is 16.7. The molecule has 0 saturated carbocycles. The van der Waals surface area contributed by atoms with E-state index in [0.29, 0.717) is 5.56 Å². The van der Waals surface area contributed by atoms with Gasteiger partial charge in [0.1, 0.15) is 0 Å². The molecule has 0 saturated heterocycles. The van der Waals surface area contributed by atoms with Gasteiger partial charge in [-0.15, -0.1) is 23.3 Å². The Labute approximate surface area is 101 Å². The molecule has 1 aromatic rings. The van der Waals surface area contributed by atoms with Crippen LogP contribution in [0.2, 0.25) is 0 Å². The van der Waals surface area contributed by atoms with Crippen LogP contribution in [0.25, 0.3) is 6.15 Å². The zero-order chi connectivity index (χ0) is 10.3. The van der Waals surface area contributed by atoms with Crippen LogP contribution >= 0.6 is 30.1 Å². The summed E-state index contributed by atoms with van der Waals surface area (Å²) in [5, 5.41) is 0. The Morgan fingerprint density at radius 2 is 1.64 bits per heavy atom. The van der Waals surface area contributed by atoms with Gasteiger partial charge in [-0.25, -0.2) is 0 Å². The standard InChI is InChI=1S/C8H7O.3ClH.Cr.H2N/c1-7-4-2-3-5-8(7)6-9;;;;;/h2-5H,1H3;3*1H;;1H2/q-1;;;;+3;-1/p-3. The summed E-state index contributed by atoms with van der Waals surface area (Å²) >= 11 is -1.62. The predicted octanol–water partition coefficient (Wildman–Crippen LogP) is 4.24. The molecule has 0 bridgehead atoms. The fourth-order valence-corrected chi connectivity index (χ4v) is 0.687. The van der Waals surface area contributed by atoms with Crippen molar-refractivity contribution in [1.82, 2.24) is 0 Å². The second-order valence-electron chi connectivity index (χ2n) is 2.09. The Balaban J connectivity index is 0. The molecule has 0 atom stereocenters. The number of hydrogen-bond acceptors (Lipinski definition) is 1. The molecule has 1 aromatic carbocycles. The number of halogens is 3.